The Kier molecular flexibility index (Phi) is 5.37. The van der Waals surface area contributed by atoms with Crippen LogP contribution in [0.1, 0.15) is 36.6 Å². The molecule has 0 saturated carbocycles. The summed E-state index contributed by atoms with van der Waals surface area (Å²) >= 11 is 0. The Morgan fingerprint density at radius 2 is 2.09 bits per heavy atom. The normalized spacial score (nSPS) is 19.4. The van der Waals surface area contributed by atoms with Crippen LogP contribution in [0.4, 0.5) is 11.8 Å². The topological polar surface area (TPSA) is 155 Å². The smallest absolute Gasteiger partial charge is 0.227 e. The van der Waals surface area contributed by atoms with Crippen molar-refractivity contribution in [2.24, 2.45) is 7.05 Å². The maximum absolute atomic E-state index is 9.85. The van der Waals surface area contributed by atoms with Gasteiger partial charge in [-0.25, -0.2) is 4.98 Å². The predicted molar refractivity (Wildman–Crippen MR) is 115 cm³/mol. The molecular weight excluding hydrogens is 412 g/mol. The van der Waals surface area contributed by atoms with Crippen molar-refractivity contribution in [3.63, 3.8) is 0 Å². The number of hydrogen-bond acceptors (Lipinski definition) is 10. The molecular formula is C20H24N10O2. The van der Waals surface area contributed by atoms with Crippen LogP contribution in [0.25, 0.3) is 11.2 Å². The summed E-state index contributed by atoms with van der Waals surface area (Å²) in [5.74, 6) is 1.15. The summed E-state index contributed by atoms with van der Waals surface area (Å²) in [6, 6.07) is 9.65. The molecule has 3 aromatic heterocycles. The number of ether oxygens (including phenoxy) is 1. The minimum atomic E-state index is -0.283. The Bertz CT molecular complexity index is 1210. The number of aliphatic hydroxyl groups is 1. The Balaban J connectivity index is 1.37. The molecule has 3 unspecified atom stereocenters. The van der Waals surface area contributed by atoms with Gasteiger partial charge < -0.3 is 20.9 Å². The van der Waals surface area contributed by atoms with E-state index in [-0.39, 0.29) is 30.8 Å². The molecule has 1 aromatic carbocycles. The number of aliphatic hydroxyl groups excluding tert-OH is 1. The Labute approximate surface area is 183 Å². The molecule has 12 heteroatoms. The lowest BCUT2D eigenvalue weighted by Crippen LogP contribution is -2.27. The van der Waals surface area contributed by atoms with E-state index in [0.29, 0.717) is 29.4 Å². The van der Waals surface area contributed by atoms with E-state index >= 15 is 0 Å². The van der Waals surface area contributed by atoms with Crippen LogP contribution < -0.4 is 11.1 Å². The maximum Gasteiger partial charge on any atom is 0.227 e. The summed E-state index contributed by atoms with van der Waals surface area (Å²) in [5, 5.41) is 25.2. The second-order valence-corrected chi connectivity index (χ2v) is 7.76. The minimum absolute atomic E-state index is 0.0754. The van der Waals surface area contributed by atoms with Crippen LogP contribution in [0.15, 0.2) is 36.7 Å². The number of nitrogen functional groups attached to an aromatic ring is 1. The van der Waals surface area contributed by atoms with Gasteiger partial charge in [0.15, 0.2) is 11.5 Å². The Morgan fingerprint density at radius 3 is 2.84 bits per heavy atom. The number of fused-ring (bicyclic) bond motifs is 1. The molecule has 1 aliphatic rings. The number of imidazole rings is 1. The monoisotopic (exact) mass is 436 g/mol. The van der Waals surface area contributed by atoms with Gasteiger partial charge in [-0.3, -0.25) is 4.57 Å². The molecule has 0 aliphatic carbocycles. The van der Waals surface area contributed by atoms with Gasteiger partial charge in [-0.15, -0.1) is 10.2 Å². The average molecular weight is 436 g/mol. The molecule has 166 valence electrons. The third-order valence-corrected chi connectivity index (χ3v) is 5.45. The molecule has 4 heterocycles. The molecule has 0 spiro atoms. The van der Waals surface area contributed by atoms with E-state index in [1.807, 2.05) is 34.9 Å². The Morgan fingerprint density at radius 1 is 1.25 bits per heavy atom. The van der Waals surface area contributed by atoms with E-state index < -0.39 is 0 Å². The molecule has 0 bridgehead atoms. The molecule has 32 heavy (non-hydrogen) atoms. The number of aromatic nitrogens is 8. The van der Waals surface area contributed by atoms with Crippen molar-refractivity contribution in [3.8, 4) is 0 Å². The molecule has 5 rings (SSSR count). The average Bonchev–Trinajstić information content (AvgIpc) is 3.53. The lowest BCUT2D eigenvalue weighted by molar-refractivity contribution is -0.000942. The van der Waals surface area contributed by atoms with Gasteiger partial charge in [0.2, 0.25) is 11.8 Å². The van der Waals surface area contributed by atoms with Gasteiger partial charge in [-0.1, -0.05) is 30.3 Å². The fourth-order valence-electron chi connectivity index (χ4n) is 3.90. The van der Waals surface area contributed by atoms with E-state index in [0.717, 1.165) is 18.4 Å². The van der Waals surface area contributed by atoms with Gasteiger partial charge in [0.05, 0.1) is 26.0 Å². The Hall–Kier alpha value is -3.64. The number of hydrogen-bond donors (Lipinski definition) is 3. The van der Waals surface area contributed by atoms with Crippen molar-refractivity contribution >= 4 is 22.9 Å². The fourth-order valence-corrected chi connectivity index (χ4v) is 3.90. The van der Waals surface area contributed by atoms with Crippen LogP contribution in [0, 0.1) is 0 Å². The largest absolute Gasteiger partial charge is 0.394 e. The van der Waals surface area contributed by atoms with Gasteiger partial charge in [-0.05, 0) is 30.0 Å². The summed E-state index contributed by atoms with van der Waals surface area (Å²) in [6.07, 6.45) is 3.25. The van der Waals surface area contributed by atoms with Crippen LogP contribution in [0.3, 0.4) is 0 Å². The molecule has 12 nitrogen and oxygen atoms in total. The number of anilines is 2. The number of nitrogens with zero attached hydrogens (tertiary/aromatic N) is 8. The van der Waals surface area contributed by atoms with Gasteiger partial charge in [0.25, 0.3) is 0 Å². The van der Waals surface area contributed by atoms with Crippen molar-refractivity contribution < 1.29 is 9.84 Å². The molecule has 0 radical (unpaired) electrons. The summed E-state index contributed by atoms with van der Waals surface area (Å²) in [5.41, 5.74) is 8.32. The highest BCUT2D eigenvalue weighted by molar-refractivity contribution is 5.83. The zero-order chi connectivity index (χ0) is 22.1. The van der Waals surface area contributed by atoms with Crippen molar-refractivity contribution in [3.05, 3.63) is 48.0 Å². The number of rotatable bonds is 7. The second kappa shape index (κ2) is 8.48. The van der Waals surface area contributed by atoms with E-state index in [9.17, 15) is 5.11 Å². The van der Waals surface area contributed by atoms with Crippen LogP contribution >= 0.6 is 0 Å². The summed E-state index contributed by atoms with van der Waals surface area (Å²) in [4.78, 5) is 14.8. The third-order valence-electron chi connectivity index (χ3n) is 5.45. The summed E-state index contributed by atoms with van der Waals surface area (Å²) < 4.78 is 8.00. The molecule has 1 fully saturated rings. The van der Waals surface area contributed by atoms with Crippen molar-refractivity contribution in [2.45, 2.75) is 37.6 Å². The maximum atomic E-state index is 9.85. The van der Waals surface area contributed by atoms with E-state index in [1.54, 1.807) is 13.4 Å². The SMILES string of the molecule is Cn1nnc(C2CCC(n3cnc4c(N)nc(NC(CO)Cc5ccccc5)nc43)O2)n1. The highest BCUT2D eigenvalue weighted by Gasteiger charge is 2.32. The van der Waals surface area contributed by atoms with Crippen molar-refractivity contribution in [2.75, 3.05) is 17.7 Å². The van der Waals surface area contributed by atoms with Gasteiger partial charge in [0, 0.05) is 0 Å². The number of tetrazole rings is 1. The third kappa shape index (κ3) is 3.97. The van der Waals surface area contributed by atoms with Crippen LogP contribution in [-0.4, -0.2) is 57.5 Å². The highest BCUT2D eigenvalue weighted by Crippen LogP contribution is 2.38. The summed E-state index contributed by atoms with van der Waals surface area (Å²) in [7, 11) is 1.72. The van der Waals surface area contributed by atoms with Crippen LogP contribution in [0.5, 0.6) is 0 Å². The van der Waals surface area contributed by atoms with Crippen LogP contribution in [-0.2, 0) is 18.2 Å². The van der Waals surface area contributed by atoms with E-state index in [4.69, 9.17) is 10.5 Å². The molecule has 1 saturated heterocycles. The summed E-state index contributed by atoms with van der Waals surface area (Å²) in [6.45, 7) is -0.0754. The highest BCUT2D eigenvalue weighted by atomic mass is 16.5. The molecule has 4 aromatic rings. The first-order valence-corrected chi connectivity index (χ1v) is 10.4. The van der Waals surface area contributed by atoms with E-state index in [1.165, 1.54) is 4.80 Å². The van der Waals surface area contributed by atoms with Crippen LogP contribution in [0.2, 0.25) is 0 Å². The molecule has 0 amide bonds. The fraction of sp³-hybridized carbons (Fsp3) is 0.400. The minimum Gasteiger partial charge on any atom is -0.394 e. The van der Waals surface area contributed by atoms with Gasteiger partial charge in [0.1, 0.15) is 17.8 Å². The zero-order valence-corrected chi connectivity index (χ0v) is 17.5. The molecule has 4 N–H and O–H groups in total. The predicted octanol–water partition coefficient (Wildman–Crippen LogP) is 0.998. The van der Waals surface area contributed by atoms with E-state index in [2.05, 4.69) is 35.7 Å². The second-order valence-electron chi connectivity index (χ2n) is 7.76. The quantitative estimate of drug-likeness (QED) is 0.382. The molecule has 3 atom stereocenters. The lowest BCUT2D eigenvalue weighted by Gasteiger charge is -2.17. The first kappa shape index (κ1) is 20.3. The number of benzene rings is 1. The molecule has 1 aliphatic heterocycles. The standard InChI is InChI=1S/C20H24N10O2/c1-29-27-18(26-28-29)14-7-8-15(32-14)30-11-22-16-17(21)24-20(25-19(16)30)23-13(10-31)9-12-5-3-2-4-6-12/h2-6,11,13-15,31H,7-10H2,1H3,(H3,21,23,24,25). The lowest BCUT2D eigenvalue weighted by atomic mass is 10.1. The number of nitrogens with two attached hydrogens (primary N) is 1. The van der Waals surface area contributed by atoms with Gasteiger partial charge >= 0.3 is 0 Å². The van der Waals surface area contributed by atoms with Crippen molar-refractivity contribution in [1.82, 2.24) is 39.7 Å². The first-order valence-electron chi connectivity index (χ1n) is 10.4. The van der Waals surface area contributed by atoms with Gasteiger partial charge in [-0.2, -0.15) is 14.8 Å². The zero-order valence-electron chi connectivity index (χ0n) is 17.5. The first-order chi connectivity index (χ1) is 15.6. The number of nitrogens with one attached hydrogen (secondary N) is 1. The van der Waals surface area contributed by atoms with Crippen molar-refractivity contribution in [1.29, 1.82) is 0 Å². The number of aryl methyl sites for hydroxylation is 1.